The maximum Gasteiger partial charge on any atom is 0.165 e. The highest BCUT2D eigenvalue weighted by Crippen LogP contribution is 2.35. The highest BCUT2D eigenvalue weighted by Gasteiger charge is 2.26. The van der Waals surface area contributed by atoms with Gasteiger partial charge in [0.15, 0.2) is 5.78 Å². The zero-order valence-corrected chi connectivity index (χ0v) is 9.42. The summed E-state index contributed by atoms with van der Waals surface area (Å²) in [5.74, 6) is 0.761. The molecule has 0 atom stereocenters. The van der Waals surface area contributed by atoms with Crippen molar-refractivity contribution in [2.45, 2.75) is 19.3 Å². The number of fused-ring (bicyclic) bond motifs is 1. The van der Waals surface area contributed by atoms with Crippen LogP contribution in [0.1, 0.15) is 29.6 Å². The lowest BCUT2D eigenvalue weighted by Gasteiger charge is -1.98. The van der Waals surface area contributed by atoms with Gasteiger partial charge in [-0.3, -0.25) is 4.79 Å². The predicted molar refractivity (Wildman–Crippen MR) is 62.8 cm³/mol. The number of halogens is 1. The second kappa shape index (κ2) is 3.59. The molecule has 2 aromatic heterocycles. The van der Waals surface area contributed by atoms with Crippen LogP contribution < -0.4 is 0 Å². The van der Waals surface area contributed by atoms with Gasteiger partial charge in [0, 0.05) is 29.8 Å². The Morgan fingerprint density at radius 3 is 3.12 bits per heavy atom. The molecule has 1 fully saturated rings. The van der Waals surface area contributed by atoms with Crippen molar-refractivity contribution in [1.82, 2.24) is 9.97 Å². The Morgan fingerprint density at radius 2 is 2.38 bits per heavy atom. The summed E-state index contributed by atoms with van der Waals surface area (Å²) < 4.78 is 0. The van der Waals surface area contributed by atoms with E-state index in [2.05, 4.69) is 9.97 Å². The van der Waals surface area contributed by atoms with Crippen LogP contribution in [-0.2, 0) is 0 Å². The zero-order chi connectivity index (χ0) is 11.1. The highest BCUT2D eigenvalue weighted by molar-refractivity contribution is 6.36. The van der Waals surface area contributed by atoms with Gasteiger partial charge in [0.2, 0.25) is 0 Å². The molecule has 0 unspecified atom stereocenters. The average Bonchev–Trinajstić information content (AvgIpc) is 2.96. The minimum absolute atomic E-state index is 0.170. The van der Waals surface area contributed by atoms with Crippen molar-refractivity contribution in [2.24, 2.45) is 5.92 Å². The molecule has 0 bridgehead atoms. The number of H-pyrrole nitrogens is 1. The number of Topliss-reactive ketones (excluding diaryl/α,β-unsaturated/α-hetero) is 1. The summed E-state index contributed by atoms with van der Waals surface area (Å²) in [7, 11) is 0. The predicted octanol–water partition coefficient (Wildman–Crippen LogP) is 3.20. The first kappa shape index (κ1) is 9.85. The lowest BCUT2D eigenvalue weighted by atomic mass is 10.1. The van der Waals surface area contributed by atoms with E-state index >= 15 is 0 Å². The van der Waals surface area contributed by atoms with E-state index < -0.39 is 0 Å². The zero-order valence-electron chi connectivity index (χ0n) is 8.66. The van der Waals surface area contributed by atoms with Crippen molar-refractivity contribution in [3.63, 3.8) is 0 Å². The van der Waals surface area contributed by atoms with Crippen molar-refractivity contribution < 1.29 is 4.79 Å². The van der Waals surface area contributed by atoms with Crippen LogP contribution in [0.25, 0.3) is 11.0 Å². The lowest BCUT2D eigenvalue weighted by molar-refractivity contribution is 0.0977. The van der Waals surface area contributed by atoms with Gasteiger partial charge < -0.3 is 4.98 Å². The Morgan fingerprint density at radius 1 is 1.56 bits per heavy atom. The van der Waals surface area contributed by atoms with E-state index in [4.69, 9.17) is 11.6 Å². The maximum atomic E-state index is 12.0. The standard InChI is InChI=1S/C12H11ClN2O/c13-9-3-4-14-12-11(9)8(6-15-12)10(16)5-7-1-2-7/h3-4,6-7H,1-2,5H2,(H,14,15). The van der Waals surface area contributed by atoms with Crippen LogP contribution in [0.5, 0.6) is 0 Å². The Balaban J connectivity index is 2.05. The molecule has 0 aromatic carbocycles. The molecule has 3 rings (SSSR count). The fourth-order valence-electron chi connectivity index (χ4n) is 1.93. The first-order valence-electron chi connectivity index (χ1n) is 5.40. The number of aromatic nitrogens is 2. The highest BCUT2D eigenvalue weighted by atomic mass is 35.5. The number of aromatic amines is 1. The van der Waals surface area contributed by atoms with E-state index in [0.29, 0.717) is 28.6 Å². The smallest absolute Gasteiger partial charge is 0.165 e. The van der Waals surface area contributed by atoms with E-state index in [-0.39, 0.29) is 5.78 Å². The fraction of sp³-hybridized carbons (Fsp3) is 0.333. The Labute approximate surface area is 97.8 Å². The van der Waals surface area contributed by atoms with E-state index in [1.165, 1.54) is 12.8 Å². The molecule has 2 aromatic rings. The molecule has 0 aliphatic heterocycles. The summed E-state index contributed by atoms with van der Waals surface area (Å²) in [6.07, 6.45) is 6.35. The minimum Gasteiger partial charge on any atom is -0.345 e. The summed E-state index contributed by atoms with van der Waals surface area (Å²) in [6.45, 7) is 0. The summed E-state index contributed by atoms with van der Waals surface area (Å²) in [5.41, 5.74) is 1.37. The molecular weight excluding hydrogens is 224 g/mol. The lowest BCUT2D eigenvalue weighted by Crippen LogP contribution is -1.99. The molecule has 4 heteroatoms. The number of rotatable bonds is 3. The van der Waals surface area contributed by atoms with Crippen LogP contribution in [0.2, 0.25) is 5.02 Å². The molecule has 0 saturated heterocycles. The monoisotopic (exact) mass is 234 g/mol. The SMILES string of the molecule is O=C(CC1CC1)c1c[nH]c2nccc(Cl)c12. The largest absolute Gasteiger partial charge is 0.345 e. The van der Waals surface area contributed by atoms with Crippen molar-refractivity contribution in [3.05, 3.63) is 29.0 Å². The van der Waals surface area contributed by atoms with Crippen LogP contribution in [-0.4, -0.2) is 15.8 Å². The first-order chi connectivity index (χ1) is 7.75. The number of carbonyl (C=O) groups is 1. The third kappa shape index (κ3) is 1.61. The van der Waals surface area contributed by atoms with Gasteiger partial charge in [-0.25, -0.2) is 4.98 Å². The van der Waals surface area contributed by atoms with Crippen molar-refractivity contribution in [2.75, 3.05) is 0 Å². The number of nitrogens with one attached hydrogen (secondary N) is 1. The van der Waals surface area contributed by atoms with Crippen LogP contribution in [0.4, 0.5) is 0 Å². The van der Waals surface area contributed by atoms with E-state index in [0.717, 1.165) is 5.39 Å². The van der Waals surface area contributed by atoms with Crippen LogP contribution in [0, 0.1) is 5.92 Å². The molecule has 0 spiro atoms. The van der Waals surface area contributed by atoms with Crippen molar-refractivity contribution in [1.29, 1.82) is 0 Å². The average molecular weight is 235 g/mol. The Bertz CT molecular complexity index is 557. The summed E-state index contributed by atoms with van der Waals surface area (Å²) in [5, 5.41) is 1.35. The molecule has 0 amide bonds. The second-order valence-electron chi connectivity index (χ2n) is 4.29. The van der Waals surface area contributed by atoms with Gasteiger partial charge in [0.05, 0.1) is 5.02 Å². The summed E-state index contributed by atoms with van der Waals surface area (Å²) >= 11 is 6.09. The number of ketones is 1. The topological polar surface area (TPSA) is 45.8 Å². The van der Waals surface area contributed by atoms with Crippen LogP contribution in [0.15, 0.2) is 18.5 Å². The molecule has 16 heavy (non-hydrogen) atoms. The summed E-state index contributed by atoms with van der Waals surface area (Å²) in [4.78, 5) is 19.2. The van der Waals surface area contributed by atoms with Gasteiger partial charge in [-0.2, -0.15) is 0 Å². The van der Waals surface area contributed by atoms with E-state index in [1.54, 1.807) is 18.5 Å². The number of hydrogen-bond acceptors (Lipinski definition) is 2. The molecular formula is C12H11ClN2O. The maximum absolute atomic E-state index is 12.0. The Kier molecular flexibility index (Phi) is 2.21. The second-order valence-corrected chi connectivity index (χ2v) is 4.70. The van der Waals surface area contributed by atoms with E-state index in [1.807, 2.05) is 0 Å². The quantitative estimate of drug-likeness (QED) is 0.829. The van der Waals surface area contributed by atoms with Crippen LogP contribution >= 0.6 is 11.6 Å². The molecule has 2 heterocycles. The molecule has 3 nitrogen and oxygen atoms in total. The van der Waals surface area contributed by atoms with Gasteiger partial charge in [-0.05, 0) is 24.8 Å². The van der Waals surface area contributed by atoms with Gasteiger partial charge in [0.25, 0.3) is 0 Å². The first-order valence-corrected chi connectivity index (χ1v) is 5.78. The summed E-state index contributed by atoms with van der Waals surface area (Å²) in [6, 6.07) is 1.71. The molecule has 0 radical (unpaired) electrons. The van der Waals surface area contributed by atoms with Crippen LogP contribution in [0.3, 0.4) is 0 Å². The molecule has 1 N–H and O–H groups in total. The molecule has 1 aliphatic carbocycles. The third-order valence-electron chi connectivity index (χ3n) is 2.99. The molecule has 1 saturated carbocycles. The fourth-order valence-corrected chi connectivity index (χ4v) is 2.18. The van der Waals surface area contributed by atoms with Gasteiger partial charge >= 0.3 is 0 Å². The Hall–Kier alpha value is -1.35. The molecule has 82 valence electrons. The van der Waals surface area contributed by atoms with Crippen molar-refractivity contribution in [3.8, 4) is 0 Å². The van der Waals surface area contributed by atoms with Gasteiger partial charge in [-0.15, -0.1) is 0 Å². The number of pyridine rings is 1. The normalized spacial score (nSPS) is 15.6. The number of carbonyl (C=O) groups excluding carboxylic acids is 1. The number of nitrogens with zero attached hydrogens (tertiary/aromatic N) is 1. The van der Waals surface area contributed by atoms with Gasteiger partial charge in [-0.1, -0.05) is 11.6 Å². The van der Waals surface area contributed by atoms with Gasteiger partial charge in [0.1, 0.15) is 5.65 Å². The number of hydrogen-bond donors (Lipinski definition) is 1. The minimum atomic E-state index is 0.170. The third-order valence-corrected chi connectivity index (χ3v) is 3.31. The van der Waals surface area contributed by atoms with E-state index in [9.17, 15) is 4.79 Å². The van der Waals surface area contributed by atoms with Crippen molar-refractivity contribution >= 4 is 28.4 Å². The molecule has 1 aliphatic rings.